The van der Waals surface area contributed by atoms with Gasteiger partial charge in [-0.2, -0.15) is 35.9 Å². The summed E-state index contributed by atoms with van der Waals surface area (Å²) in [5, 5.41) is 3.59. The Morgan fingerprint density at radius 3 is 1.84 bits per heavy atom. The summed E-state index contributed by atoms with van der Waals surface area (Å²) in [5.41, 5.74) is 1.18. The molecule has 1 aliphatic rings. The Kier molecular flexibility index (Phi) is 32.6. The van der Waals surface area contributed by atoms with Crippen molar-refractivity contribution >= 4 is 52.3 Å². The maximum absolute atomic E-state index is 12.1. The summed E-state index contributed by atoms with van der Waals surface area (Å²) in [6, 6.07) is 18.7. The van der Waals surface area contributed by atoms with Crippen molar-refractivity contribution in [2.24, 2.45) is 0 Å². The number of halogens is 6. The van der Waals surface area contributed by atoms with Gasteiger partial charge in [-0.1, -0.05) is 33.1 Å². The number of rotatable bonds is 4. The van der Waals surface area contributed by atoms with Crippen LogP contribution in [0.3, 0.4) is 0 Å². The van der Waals surface area contributed by atoms with Crippen LogP contribution in [-0.2, 0) is 31.9 Å². The van der Waals surface area contributed by atoms with Crippen LogP contribution in [0.5, 0.6) is 0 Å². The van der Waals surface area contributed by atoms with E-state index >= 15 is 0 Å². The fraction of sp³-hybridized carbons (Fsp3) is 0.522. The summed E-state index contributed by atoms with van der Waals surface area (Å²) in [5.74, 6) is 0.202. The molecule has 1 aliphatic carbocycles. The molecule has 1 saturated carbocycles. The van der Waals surface area contributed by atoms with E-state index in [9.17, 15) is 4.79 Å². The Labute approximate surface area is 241 Å². The Balaban J connectivity index is -0.000000235. The molecule has 3 rings (SSSR count). The second kappa shape index (κ2) is 26.2. The predicted molar refractivity (Wildman–Crippen MR) is 130 cm³/mol. The summed E-state index contributed by atoms with van der Waals surface area (Å²) in [4.78, 5) is 12.1. The largest absolute Gasteiger partial charge is 4.00 e. The first-order valence-electron chi connectivity index (χ1n) is 9.83. The van der Waals surface area contributed by atoms with Crippen molar-refractivity contribution in [2.75, 3.05) is 10.7 Å². The third kappa shape index (κ3) is 21.2. The van der Waals surface area contributed by atoms with E-state index in [1.807, 2.05) is 42.5 Å². The van der Waals surface area contributed by atoms with Gasteiger partial charge in [0.05, 0.1) is 10.7 Å². The first-order chi connectivity index (χ1) is 13.9. The first-order valence-corrected chi connectivity index (χ1v) is 12.0. The molecule has 0 saturated heterocycles. The number of hydrogen-bond acceptors (Lipinski definition) is 1. The van der Waals surface area contributed by atoms with Gasteiger partial charge in [-0.25, -0.2) is 24.3 Å². The zero-order valence-electron chi connectivity index (χ0n) is 18.6. The van der Waals surface area contributed by atoms with Crippen molar-refractivity contribution in [1.29, 1.82) is 0 Å². The van der Waals surface area contributed by atoms with E-state index < -0.39 is 0 Å². The van der Waals surface area contributed by atoms with E-state index in [0.29, 0.717) is 12.5 Å². The molecule has 2 aromatic rings. The molecule has 2 nitrogen and oxygen atoms in total. The quantitative estimate of drug-likeness (QED) is 0.324. The minimum atomic E-state index is -0.0672. The van der Waals surface area contributed by atoms with E-state index in [-0.39, 0.29) is 68.5 Å². The minimum absolute atomic E-state index is 0. The van der Waals surface area contributed by atoms with Crippen LogP contribution in [0.4, 0.5) is 0 Å². The van der Waals surface area contributed by atoms with E-state index in [1.54, 1.807) is 0 Å². The number of nitrogens with one attached hydrogen (secondary N) is 1. The summed E-state index contributed by atoms with van der Waals surface area (Å²) in [7, 11) is 0. The minimum Gasteiger partial charge on any atom is -1.00 e. The number of hydrogen-bond donors (Lipinski definition) is 1. The van der Waals surface area contributed by atoms with Crippen LogP contribution in [0.15, 0.2) is 54.6 Å². The second-order valence-electron chi connectivity index (χ2n) is 7.30. The average Bonchev–Trinajstić information content (AvgIpc) is 3.40. The normalized spacial score (nSPS) is 12.3. The number of carbonyl (C=O) groups is 1. The molecule has 32 heavy (non-hydrogen) atoms. The third-order valence-electron chi connectivity index (χ3n) is 4.57. The molecule has 182 valence electrons. The molecule has 0 atom stereocenters. The molecule has 0 spiro atoms. The van der Waals surface area contributed by atoms with Gasteiger partial charge in [-0.15, -0.1) is 46.4 Å². The summed E-state index contributed by atoms with van der Waals surface area (Å²) in [6.45, 7) is 4.28. The van der Waals surface area contributed by atoms with Gasteiger partial charge in [0.1, 0.15) is 0 Å². The fourth-order valence-corrected chi connectivity index (χ4v) is 3.18. The Morgan fingerprint density at radius 1 is 0.969 bits per heavy atom. The van der Waals surface area contributed by atoms with Gasteiger partial charge in [0, 0.05) is 12.5 Å². The standard InChI is InChI=1S/C16H24NO.C5H5.2CH2Cl2.2ClH.Ti/c1-16(2,13-8-6-7-9-13)12-15(18)17-14-10-4-3-5-11-14;1-2-4-5-3-1;2*2-1-3;;;/h6-9,14H,3-5,10-12H2,1-2H3,(H,17,18);1-5H;2*1H2;2*1H;/q2*-1;;;;;+4/p-2. The second-order valence-corrected chi connectivity index (χ2v) is 8.92. The predicted octanol–water partition coefficient (Wildman–Crippen LogP) is 1.78. The SMILES string of the molecule is CC(C)(CC(=O)NC1CCCCC1)c1ccc[cH-]1.ClCCl.ClCCl.[Cl-].[Cl-].[Ti+4].c1cc[cH-]c1. The van der Waals surface area contributed by atoms with Gasteiger partial charge in [0.25, 0.3) is 0 Å². The molecule has 0 aliphatic heterocycles. The van der Waals surface area contributed by atoms with E-state index in [4.69, 9.17) is 46.4 Å². The Hall–Kier alpha value is 0.624. The molecule has 0 unspecified atom stereocenters. The third-order valence-corrected chi connectivity index (χ3v) is 4.57. The molecule has 1 fully saturated rings. The first kappa shape index (κ1) is 39.8. The molecule has 0 heterocycles. The van der Waals surface area contributed by atoms with Crippen molar-refractivity contribution in [2.45, 2.75) is 63.8 Å². The molecule has 9 heteroatoms. The molecule has 1 amide bonds. The monoisotopic (exact) mass is 597 g/mol. The Morgan fingerprint density at radius 2 is 1.47 bits per heavy atom. The van der Waals surface area contributed by atoms with Crippen molar-refractivity contribution in [3.8, 4) is 0 Å². The van der Waals surface area contributed by atoms with E-state index in [2.05, 4.69) is 31.3 Å². The van der Waals surface area contributed by atoms with Gasteiger partial charge in [-0.05, 0) is 18.3 Å². The van der Waals surface area contributed by atoms with Crippen molar-refractivity contribution in [3.63, 3.8) is 0 Å². The van der Waals surface area contributed by atoms with Crippen molar-refractivity contribution < 1.29 is 51.3 Å². The maximum atomic E-state index is 12.1. The smallest absolute Gasteiger partial charge is 1.00 e. The van der Waals surface area contributed by atoms with Crippen LogP contribution in [0.25, 0.3) is 0 Å². The summed E-state index contributed by atoms with van der Waals surface area (Å²) >= 11 is 19.1. The van der Waals surface area contributed by atoms with Gasteiger partial charge in [0.15, 0.2) is 0 Å². The number of alkyl halides is 4. The van der Waals surface area contributed by atoms with Crippen LogP contribution in [0.2, 0.25) is 0 Å². The van der Waals surface area contributed by atoms with Crippen LogP contribution in [0, 0.1) is 0 Å². The van der Waals surface area contributed by atoms with Gasteiger partial charge in [0.2, 0.25) is 5.91 Å². The van der Waals surface area contributed by atoms with Crippen LogP contribution < -0.4 is 30.1 Å². The van der Waals surface area contributed by atoms with E-state index in [0.717, 1.165) is 12.8 Å². The molecule has 0 aromatic heterocycles. The molecule has 1 N–H and O–H groups in total. The van der Waals surface area contributed by atoms with Gasteiger partial charge >= 0.3 is 21.7 Å². The van der Waals surface area contributed by atoms with Crippen molar-refractivity contribution in [1.82, 2.24) is 5.32 Å². The Bertz CT molecular complexity index is 568. The molecule has 2 aromatic carbocycles. The topological polar surface area (TPSA) is 29.1 Å². The number of amides is 1. The van der Waals surface area contributed by atoms with Crippen LogP contribution >= 0.6 is 46.4 Å². The van der Waals surface area contributed by atoms with Gasteiger partial charge in [-0.3, -0.25) is 4.79 Å². The average molecular weight is 600 g/mol. The van der Waals surface area contributed by atoms with Crippen LogP contribution in [-0.4, -0.2) is 22.6 Å². The molecular weight excluding hydrogens is 567 g/mol. The zero-order chi connectivity index (χ0) is 22.0. The summed E-state index contributed by atoms with van der Waals surface area (Å²) < 4.78 is 0. The van der Waals surface area contributed by atoms with Gasteiger partial charge < -0.3 is 30.1 Å². The van der Waals surface area contributed by atoms with E-state index in [1.165, 1.54) is 24.8 Å². The molecule has 0 bridgehead atoms. The van der Waals surface area contributed by atoms with Crippen LogP contribution in [0.1, 0.15) is 57.9 Å². The molecule has 0 radical (unpaired) electrons. The maximum Gasteiger partial charge on any atom is 4.00 e. The van der Waals surface area contributed by atoms with Crippen molar-refractivity contribution in [3.05, 3.63) is 60.2 Å². The fourth-order valence-electron chi connectivity index (χ4n) is 3.18. The summed E-state index contributed by atoms with van der Waals surface area (Å²) in [6.07, 6.45) is 6.73. The molecular formula is C23H33Cl6NOTi. The zero-order valence-corrected chi connectivity index (χ0v) is 24.7. The number of carbonyl (C=O) groups excluding carboxylic acids is 1.